The Morgan fingerprint density at radius 2 is 2.12 bits per heavy atom. The maximum atomic E-state index is 13.6. The lowest BCUT2D eigenvalue weighted by Crippen LogP contribution is -2.32. The average Bonchev–Trinajstić information content (AvgIpc) is 2.61. The van der Waals surface area contributed by atoms with Crippen molar-refractivity contribution in [2.24, 2.45) is 0 Å². The summed E-state index contributed by atoms with van der Waals surface area (Å²) in [6, 6.07) is 7.68. The number of anilines is 2. The number of pyridine rings is 1. The van der Waals surface area contributed by atoms with E-state index in [2.05, 4.69) is 25.7 Å². The Morgan fingerprint density at radius 3 is 2.81 bits per heavy atom. The van der Waals surface area contributed by atoms with E-state index in [-0.39, 0.29) is 12.2 Å². The van der Waals surface area contributed by atoms with Gasteiger partial charge in [-0.2, -0.15) is 14.0 Å². The van der Waals surface area contributed by atoms with Crippen LogP contribution in [-0.2, 0) is 0 Å². The summed E-state index contributed by atoms with van der Waals surface area (Å²) in [7, 11) is 0. The first kappa shape index (κ1) is 18.9. The number of benzene rings is 1. The Hall–Kier alpha value is -3.48. The Morgan fingerprint density at radius 1 is 1.31 bits per heavy atom. The highest BCUT2D eigenvalue weighted by Crippen LogP contribution is 2.22. The number of carbonyl (C=O) groups excluding carboxylic acids is 1. The van der Waals surface area contributed by atoms with E-state index in [1.807, 2.05) is 6.07 Å². The van der Waals surface area contributed by atoms with Crippen LogP contribution in [0, 0.1) is 17.1 Å². The minimum absolute atomic E-state index is 0.0751. The van der Waals surface area contributed by atoms with E-state index in [0.29, 0.717) is 17.9 Å². The SMILES string of the molecule is N#Cc1cccnc1NCCNC(=O)Nc1ccc(OC(F)F)c(F)c1. The van der Waals surface area contributed by atoms with Gasteiger partial charge in [-0.25, -0.2) is 14.2 Å². The number of carbonyl (C=O) groups is 1. The number of hydrogen-bond donors (Lipinski definition) is 3. The molecular formula is C16H14F3N5O2. The third kappa shape index (κ3) is 5.55. The lowest BCUT2D eigenvalue weighted by molar-refractivity contribution is -0.0521. The number of halogens is 3. The highest BCUT2D eigenvalue weighted by molar-refractivity contribution is 5.89. The number of hydrogen-bond acceptors (Lipinski definition) is 5. The highest BCUT2D eigenvalue weighted by Gasteiger charge is 2.11. The van der Waals surface area contributed by atoms with Crippen LogP contribution >= 0.6 is 0 Å². The van der Waals surface area contributed by atoms with Gasteiger partial charge < -0.3 is 20.7 Å². The summed E-state index contributed by atoms with van der Waals surface area (Å²) in [5, 5.41) is 16.7. The van der Waals surface area contributed by atoms with E-state index >= 15 is 0 Å². The molecule has 7 nitrogen and oxygen atoms in total. The van der Waals surface area contributed by atoms with Crippen molar-refractivity contribution in [1.29, 1.82) is 5.26 Å². The van der Waals surface area contributed by atoms with Crippen molar-refractivity contribution in [3.05, 3.63) is 47.9 Å². The molecule has 1 aromatic carbocycles. The first-order valence-corrected chi connectivity index (χ1v) is 7.38. The topological polar surface area (TPSA) is 99.1 Å². The summed E-state index contributed by atoms with van der Waals surface area (Å²) in [6.07, 6.45) is 1.53. The molecule has 10 heteroatoms. The van der Waals surface area contributed by atoms with Crippen molar-refractivity contribution in [1.82, 2.24) is 10.3 Å². The molecule has 0 aliphatic heterocycles. The fraction of sp³-hybridized carbons (Fsp3) is 0.188. The Kier molecular flexibility index (Phi) is 6.61. The third-order valence-electron chi connectivity index (χ3n) is 3.04. The van der Waals surface area contributed by atoms with Crippen molar-refractivity contribution >= 4 is 17.5 Å². The summed E-state index contributed by atoms with van der Waals surface area (Å²) in [5.74, 6) is -1.24. The van der Waals surface area contributed by atoms with Crippen molar-refractivity contribution in [3.8, 4) is 11.8 Å². The van der Waals surface area contributed by atoms with Gasteiger partial charge in [-0.3, -0.25) is 0 Å². The van der Waals surface area contributed by atoms with Crippen LogP contribution in [0.25, 0.3) is 0 Å². The maximum Gasteiger partial charge on any atom is 0.387 e. The molecule has 2 rings (SSSR count). The van der Waals surface area contributed by atoms with Gasteiger partial charge in [-0.05, 0) is 24.3 Å². The molecule has 136 valence electrons. The Labute approximate surface area is 146 Å². The number of nitrogens with zero attached hydrogens (tertiary/aromatic N) is 2. The van der Waals surface area contributed by atoms with Gasteiger partial charge >= 0.3 is 12.6 Å². The minimum atomic E-state index is -3.14. The number of amides is 2. The summed E-state index contributed by atoms with van der Waals surface area (Å²) in [6.45, 7) is -2.64. The van der Waals surface area contributed by atoms with Gasteiger partial charge in [0.1, 0.15) is 11.9 Å². The number of ether oxygens (including phenoxy) is 1. The number of aromatic nitrogens is 1. The van der Waals surface area contributed by atoms with Crippen molar-refractivity contribution < 1.29 is 22.7 Å². The molecule has 2 amide bonds. The molecule has 0 atom stereocenters. The average molecular weight is 365 g/mol. The zero-order chi connectivity index (χ0) is 18.9. The minimum Gasteiger partial charge on any atom is -0.432 e. The molecule has 0 spiro atoms. The summed E-state index contributed by atoms with van der Waals surface area (Å²) in [4.78, 5) is 15.7. The highest BCUT2D eigenvalue weighted by atomic mass is 19.3. The molecule has 0 saturated heterocycles. The Balaban J connectivity index is 1.78. The van der Waals surface area contributed by atoms with Crippen molar-refractivity contribution in [2.75, 3.05) is 23.7 Å². The lowest BCUT2D eigenvalue weighted by atomic mass is 10.3. The Bertz CT molecular complexity index is 811. The number of alkyl halides is 2. The molecular weight excluding hydrogens is 351 g/mol. The van der Waals surface area contributed by atoms with Crippen LogP contribution < -0.4 is 20.7 Å². The third-order valence-corrected chi connectivity index (χ3v) is 3.04. The largest absolute Gasteiger partial charge is 0.432 e. The normalized spacial score (nSPS) is 10.1. The molecule has 0 saturated carbocycles. The second kappa shape index (κ2) is 9.12. The van der Waals surface area contributed by atoms with Gasteiger partial charge in [-0.15, -0.1) is 0 Å². The van der Waals surface area contributed by atoms with E-state index in [0.717, 1.165) is 12.1 Å². The second-order valence-electron chi connectivity index (χ2n) is 4.84. The van der Waals surface area contributed by atoms with Gasteiger partial charge in [-0.1, -0.05) is 0 Å². The van der Waals surface area contributed by atoms with E-state index in [1.54, 1.807) is 12.1 Å². The zero-order valence-corrected chi connectivity index (χ0v) is 13.3. The number of rotatable bonds is 7. The number of nitrogens with one attached hydrogen (secondary N) is 3. The van der Waals surface area contributed by atoms with Crippen LogP contribution in [0.5, 0.6) is 5.75 Å². The molecule has 0 fully saturated rings. The van der Waals surface area contributed by atoms with Gasteiger partial charge in [0.25, 0.3) is 0 Å². The van der Waals surface area contributed by atoms with Gasteiger partial charge in [0.15, 0.2) is 11.6 Å². The monoisotopic (exact) mass is 365 g/mol. The molecule has 1 heterocycles. The predicted molar refractivity (Wildman–Crippen MR) is 87.5 cm³/mol. The molecule has 0 aliphatic carbocycles. The molecule has 0 bridgehead atoms. The number of nitriles is 1. The van der Waals surface area contributed by atoms with E-state index in [4.69, 9.17) is 5.26 Å². The molecule has 1 aromatic heterocycles. The van der Waals surface area contributed by atoms with Crippen LogP contribution in [0.15, 0.2) is 36.5 Å². The molecule has 26 heavy (non-hydrogen) atoms. The van der Waals surface area contributed by atoms with Gasteiger partial charge in [0.2, 0.25) is 0 Å². The standard InChI is InChI=1S/C16H14F3N5O2/c17-12-8-11(3-4-13(12)26-15(18)19)24-16(25)23-7-6-22-14-10(9-20)2-1-5-21-14/h1-5,8,15H,6-7H2,(H,21,22)(H2,23,24,25). The molecule has 0 radical (unpaired) electrons. The van der Waals surface area contributed by atoms with Gasteiger partial charge in [0.05, 0.1) is 5.56 Å². The van der Waals surface area contributed by atoms with Crippen molar-refractivity contribution in [2.45, 2.75) is 6.61 Å². The summed E-state index contributed by atoms with van der Waals surface area (Å²) in [5.41, 5.74) is 0.449. The van der Waals surface area contributed by atoms with E-state index in [1.165, 1.54) is 12.3 Å². The number of urea groups is 1. The van der Waals surface area contributed by atoms with E-state index < -0.39 is 24.2 Å². The fourth-order valence-electron chi connectivity index (χ4n) is 1.94. The molecule has 0 aliphatic rings. The summed E-state index contributed by atoms with van der Waals surface area (Å²) < 4.78 is 41.6. The molecule has 0 unspecified atom stereocenters. The first-order valence-electron chi connectivity index (χ1n) is 7.38. The van der Waals surface area contributed by atoms with Gasteiger partial charge in [0, 0.05) is 31.0 Å². The van der Waals surface area contributed by atoms with Crippen LogP contribution in [0.2, 0.25) is 0 Å². The van der Waals surface area contributed by atoms with Crippen LogP contribution in [0.3, 0.4) is 0 Å². The lowest BCUT2D eigenvalue weighted by Gasteiger charge is -2.11. The second-order valence-corrected chi connectivity index (χ2v) is 4.84. The smallest absolute Gasteiger partial charge is 0.387 e. The van der Waals surface area contributed by atoms with E-state index in [9.17, 15) is 18.0 Å². The fourth-order valence-corrected chi connectivity index (χ4v) is 1.94. The van der Waals surface area contributed by atoms with Crippen LogP contribution in [0.1, 0.15) is 5.56 Å². The zero-order valence-electron chi connectivity index (χ0n) is 13.3. The maximum absolute atomic E-state index is 13.6. The first-order chi connectivity index (χ1) is 12.5. The molecule has 3 N–H and O–H groups in total. The quantitative estimate of drug-likeness (QED) is 0.655. The summed E-state index contributed by atoms with van der Waals surface area (Å²) >= 11 is 0. The molecule has 2 aromatic rings. The predicted octanol–water partition coefficient (Wildman–Crippen LogP) is 2.93. The van der Waals surface area contributed by atoms with Crippen LogP contribution in [-0.4, -0.2) is 30.7 Å². The van der Waals surface area contributed by atoms with Crippen LogP contribution in [0.4, 0.5) is 29.5 Å². The van der Waals surface area contributed by atoms with Crippen molar-refractivity contribution in [3.63, 3.8) is 0 Å².